The molecule has 0 saturated carbocycles. The number of aliphatic hydroxyl groups is 2. The molecule has 0 aliphatic rings. The van der Waals surface area contributed by atoms with Gasteiger partial charge in [0.2, 0.25) is 5.91 Å². The summed E-state index contributed by atoms with van der Waals surface area (Å²) in [7, 11) is 0. The maximum absolute atomic E-state index is 12.5. The summed E-state index contributed by atoms with van der Waals surface area (Å²) in [5, 5.41) is 23.3. The van der Waals surface area contributed by atoms with E-state index in [2.05, 4.69) is 31.3 Å². The van der Waals surface area contributed by atoms with Crippen LogP contribution in [0.3, 0.4) is 0 Å². The molecule has 0 radical (unpaired) electrons. The number of rotatable bonds is 63. The molecule has 6 nitrogen and oxygen atoms in total. The number of carbonyl (C=O) groups is 2. The van der Waals surface area contributed by atoms with Gasteiger partial charge in [-0.3, -0.25) is 9.59 Å². The van der Waals surface area contributed by atoms with Crippen molar-refractivity contribution in [1.29, 1.82) is 0 Å². The van der Waals surface area contributed by atoms with Crippen LogP contribution in [-0.2, 0) is 14.3 Å². The predicted molar refractivity (Wildman–Crippen MR) is 324 cm³/mol. The normalized spacial score (nSPS) is 12.6. The van der Waals surface area contributed by atoms with Gasteiger partial charge in [0.1, 0.15) is 0 Å². The Kier molecular flexibility index (Phi) is 62.4. The van der Waals surface area contributed by atoms with E-state index in [0.29, 0.717) is 19.4 Å². The summed E-state index contributed by atoms with van der Waals surface area (Å²) in [6, 6.07) is -0.631. The average molecular weight is 1040 g/mol. The quantitative estimate of drug-likeness (QED) is 0.0320. The summed E-state index contributed by atoms with van der Waals surface area (Å²) >= 11 is 0. The standard InChI is InChI=1S/C68H131NO5/c1-3-5-7-9-11-13-15-17-19-20-21-22-23-24-25-27-30-33-36-40-44-48-52-56-60-66(71)65(64-70)69-67(72)61-57-53-49-45-41-37-34-31-28-26-29-32-35-39-43-47-51-55-59-63-74-68(73)62-58-54-50-46-42-38-18-16-14-12-10-8-6-4-2/h16,18,56,60,65-66,70-71H,3-15,17,19-55,57-59,61-64H2,1-2H3,(H,69,72)/b18-16-,60-56+. The molecule has 0 heterocycles. The van der Waals surface area contributed by atoms with Crippen molar-refractivity contribution in [2.75, 3.05) is 13.2 Å². The molecule has 74 heavy (non-hydrogen) atoms. The van der Waals surface area contributed by atoms with Crippen LogP contribution in [0.1, 0.15) is 373 Å². The molecule has 0 spiro atoms. The van der Waals surface area contributed by atoms with Gasteiger partial charge >= 0.3 is 5.97 Å². The summed E-state index contributed by atoms with van der Waals surface area (Å²) in [5.74, 6) is -0.0663. The first-order valence-corrected chi connectivity index (χ1v) is 33.6. The van der Waals surface area contributed by atoms with Gasteiger partial charge in [-0.05, 0) is 57.8 Å². The number of aliphatic hydroxyl groups excluding tert-OH is 2. The fraction of sp³-hybridized carbons (Fsp3) is 0.912. The number of esters is 1. The van der Waals surface area contributed by atoms with Gasteiger partial charge in [0.05, 0.1) is 25.4 Å². The van der Waals surface area contributed by atoms with Crippen molar-refractivity contribution < 1.29 is 24.5 Å². The fourth-order valence-electron chi connectivity index (χ4n) is 10.6. The van der Waals surface area contributed by atoms with E-state index in [9.17, 15) is 19.8 Å². The Morgan fingerprint density at radius 3 is 0.959 bits per heavy atom. The number of allylic oxidation sites excluding steroid dienone is 3. The van der Waals surface area contributed by atoms with Crippen LogP contribution in [0.25, 0.3) is 0 Å². The molecule has 6 heteroatoms. The highest BCUT2D eigenvalue weighted by Crippen LogP contribution is 2.18. The number of ether oxygens (including phenoxy) is 1. The SMILES string of the molecule is CCCCCCC/C=C\CCCCCCCC(=O)OCCCCCCCCCCCCCCCCCCCCCC(=O)NC(CO)C(O)/C=C/CCCCCCCCCCCCCCCCCCCCCCCC. The minimum atomic E-state index is -0.848. The van der Waals surface area contributed by atoms with Crippen molar-refractivity contribution in [1.82, 2.24) is 5.32 Å². The molecule has 2 unspecified atom stereocenters. The van der Waals surface area contributed by atoms with Gasteiger partial charge in [-0.2, -0.15) is 0 Å². The predicted octanol–water partition coefficient (Wildman–Crippen LogP) is 21.4. The third-order valence-corrected chi connectivity index (χ3v) is 15.7. The van der Waals surface area contributed by atoms with Crippen molar-refractivity contribution >= 4 is 11.9 Å². The lowest BCUT2D eigenvalue weighted by molar-refractivity contribution is -0.143. The van der Waals surface area contributed by atoms with Gasteiger partial charge < -0.3 is 20.3 Å². The molecule has 0 rings (SSSR count). The van der Waals surface area contributed by atoms with Crippen LogP contribution in [0.15, 0.2) is 24.3 Å². The summed E-state index contributed by atoms with van der Waals surface area (Å²) in [5.41, 5.74) is 0. The second-order valence-corrected chi connectivity index (χ2v) is 23.2. The topological polar surface area (TPSA) is 95.9 Å². The smallest absolute Gasteiger partial charge is 0.305 e. The Balaban J connectivity index is 3.43. The highest BCUT2D eigenvalue weighted by atomic mass is 16.5. The maximum atomic E-state index is 12.5. The second-order valence-electron chi connectivity index (χ2n) is 23.2. The van der Waals surface area contributed by atoms with E-state index in [0.717, 1.165) is 44.9 Å². The molecule has 0 bridgehead atoms. The zero-order valence-electron chi connectivity index (χ0n) is 50.1. The highest BCUT2D eigenvalue weighted by Gasteiger charge is 2.18. The number of hydrogen-bond donors (Lipinski definition) is 3. The molecule has 0 saturated heterocycles. The van der Waals surface area contributed by atoms with Gasteiger partial charge in [-0.25, -0.2) is 0 Å². The molecular formula is C68H131NO5. The van der Waals surface area contributed by atoms with Crippen LogP contribution < -0.4 is 5.32 Å². The van der Waals surface area contributed by atoms with E-state index in [1.54, 1.807) is 6.08 Å². The lowest BCUT2D eigenvalue weighted by Gasteiger charge is -2.20. The Morgan fingerprint density at radius 2 is 0.635 bits per heavy atom. The first-order valence-electron chi connectivity index (χ1n) is 33.6. The lowest BCUT2D eigenvalue weighted by atomic mass is 10.0. The van der Waals surface area contributed by atoms with Crippen molar-refractivity contribution in [3.05, 3.63) is 24.3 Å². The minimum Gasteiger partial charge on any atom is -0.466 e. The van der Waals surface area contributed by atoms with Crippen LogP contribution in [0.2, 0.25) is 0 Å². The van der Waals surface area contributed by atoms with Gasteiger partial charge in [0.25, 0.3) is 0 Å². The first kappa shape index (κ1) is 72.3. The first-order chi connectivity index (χ1) is 36.5. The molecule has 1 amide bonds. The van der Waals surface area contributed by atoms with Crippen molar-refractivity contribution in [2.24, 2.45) is 0 Å². The molecule has 0 aliphatic carbocycles. The summed E-state index contributed by atoms with van der Waals surface area (Å²) in [6.45, 7) is 4.92. The van der Waals surface area contributed by atoms with Crippen LogP contribution in [-0.4, -0.2) is 47.4 Å². The zero-order chi connectivity index (χ0) is 53.6. The van der Waals surface area contributed by atoms with E-state index < -0.39 is 12.1 Å². The monoisotopic (exact) mass is 1040 g/mol. The molecule has 3 N–H and O–H groups in total. The number of hydrogen-bond acceptors (Lipinski definition) is 5. The summed E-state index contributed by atoms with van der Waals surface area (Å²) in [6.07, 6.45) is 79.5. The molecule has 0 aromatic carbocycles. The molecular weight excluding hydrogens is 911 g/mol. The zero-order valence-corrected chi connectivity index (χ0v) is 50.1. The molecule has 0 aromatic rings. The van der Waals surface area contributed by atoms with Crippen LogP contribution >= 0.6 is 0 Å². The Labute approximate surface area is 462 Å². The minimum absolute atomic E-state index is 0.000588. The van der Waals surface area contributed by atoms with E-state index >= 15 is 0 Å². The third kappa shape index (κ3) is 59.6. The summed E-state index contributed by atoms with van der Waals surface area (Å²) < 4.78 is 5.48. The number of carbonyl (C=O) groups excluding carboxylic acids is 2. The summed E-state index contributed by atoms with van der Waals surface area (Å²) in [4.78, 5) is 24.6. The Morgan fingerprint density at radius 1 is 0.365 bits per heavy atom. The number of amides is 1. The fourth-order valence-corrected chi connectivity index (χ4v) is 10.6. The second kappa shape index (κ2) is 63.9. The molecule has 0 fully saturated rings. The van der Waals surface area contributed by atoms with Gasteiger partial charge in [-0.15, -0.1) is 0 Å². The van der Waals surface area contributed by atoms with Gasteiger partial charge in [-0.1, -0.05) is 327 Å². The molecule has 438 valence electrons. The van der Waals surface area contributed by atoms with Gasteiger partial charge in [0, 0.05) is 12.8 Å². The molecule has 2 atom stereocenters. The van der Waals surface area contributed by atoms with Crippen molar-refractivity contribution in [3.8, 4) is 0 Å². The average Bonchev–Trinajstić information content (AvgIpc) is 3.40. The van der Waals surface area contributed by atoms with E-state index in [4.69, 9.17) is 4.74 Å². The van der Waals surface area contributed by atoms with E-state index in [-0.39, 0.29) is 18.5 Å². The van der Waals surface area contributed by atoms with E-state index in [1.807, 2.05) is 6.08 Å². The Hall–Kier alpha value is -1.66. The molecule has 0 aromatic heterocycles. The maximum Gasteiger partial charge on any atom is 0.305 e. The van der Waals surface area contributed by atoms with Crippen LogP contribution in [0.5, 0.6) is 0 Å². The number of unbranched alkanes of at least 4 members (excludes halogenated alkanes) is 50. The van der Waals surface area contributed by atoms with Crippen LogP contribution in [0, 0.1) is 0 Å². The molecule has 0 aliphatic heterocycles. The highest BCUT2D eigenvalue weighted by molar-refractivity contribution is 5.76. The van der Waals surface area contributed by atoms with E-state index in [1.165, 1.54) is 302 Å². The van der Waals surface area contributed by atoms with Crippen molar-refractivity contribution in [2.45, 2.75) is 386 Å². The lowest BCUT2D eigenvalue weighted by Crippen LogP contribution is -2.45. The van der Waals surface area contributed by atoms with Gasteiger partial charge in [0.15, 0.2) is 0 Å². The third-order valence-electron chi connectivity index (χ3n) is 15.7. The van der Waals surface area contributed by atoms with Crippen LogP contribution in [0.4, 0.5) is 0 Å². The van der Waals surface area contributed by atoms with Crippen molar-refractivity contribution in [3.63, 3.8) is 0 Å². The Bertz CT molecular complexity index is 1150. The number of nitrogens with one attached hydrogen (secondary N) is 1. The largest absolute Gasteiger partial charge is 0.466 e.